The van der Waals surface area contributed by atoms with Gasteiger partial charge in [-0.1, -0.05) is 34.1 Å². The Labute approximate surface area is 81.7 Å². The maximum Gasteiger partial charge on any atom is 0.267 e. The van der Waals surface area contributed by atoms with E-state index in [9.17, 15) is 0 Å². The van der Waals surface area contributed by atoms with E-state index < -0.39 is 0 Å². The van der Waals surface area contributed by atoms with Crippen LogP contribution in [-0.2, 0) is 6.42 Å². The second kappa shape index (κ2) is 4.35. The first-order valence-electron chi connectivity index (χ1n) is 3.55. The molecule has 0 aliphatic rings. The van der Waals surface area contributed by atoms with Gasteiger partial charge in [-0.2, -0.15) is 0 Å². The van der Waals surface area contributed by atoms with Gasteiger partial charge in [0.2, 0.25) is 0 Å². The van der Waals surface area contributed by atoms with Gasteiger partial charge in [0, 0.05) is 10.0 Å². The van der Waals surface area contributed by atoms with Crippen LogP contribution in [0.3, 0.4) is 0 Å². The van der Waals surface area contributed by atoms with Gasteiger partial charge in [-0.3, -0.25) is 0 Å². The van der Waals surface area contributed by atoms with Gasteiger partial charge in [-0.15, -0.1) is 0 Å². The molecule has 0 fully saturated rings. The average molecular weight is 201 g/mol. The summed E-state index contributed by atoms with van der Waals surface area (Å²) in [4.78, 5) is 3.50. The molecule has 0 spiro atoms. The molecule has 0 heterocycles. The lowest BCUT2D eigenvalue weighted by atomic mass is 10.1. The fourth-order valence-corrected chi connectivity index (χ4v) is 1.53. The molecule has 0 bridgehead atoms. The van der Waals surface area contributed by atoms with E-state index in [1.54, 1.807) is 12.1 Å². The third kappa shape index (κ3) is 2.14. The van der Waals surface area contributed by atoms with Gasteiger partial charge in [0.25, 0.3) is 13.1 Å². The van der Waals surface area contributed by atoms with E-state index >= 15 is 0 Å². The molecule has 0 aromatic heterocycles. The Kier molecular flexibility index (Phi) is 3.40. The van der Waals surface area contributed by atoms with Gasteiger partial charge in [-0.25, -0.2) is 0 Å². The zero-order chi connectivity index (χ0) is 8.97. The molecule has 0 unspecified atom stereocenters. The average Bonchev–Trinajstić information content (AvgIpc) is 2.04. The molecule has 0 aliphatic heterocycles. The summed E-state index contributed by atoms with van der Waals surface area (Å²) in [5, 5.41) is 1.34. The number of benzene rings is 1. The van der Waals surface area contributed by atoms with Crippen LogP contribution in [0.5, 0.6) is 0 Å². The third-order valence-corrected chi connectivity index (χ3v) is 2.26. The van der Waals surface area contributed by atoms with Gasteiger partial charge in [-0.05, 0) is 17.7 Å². The zero-order valence-corrected chi connectivity index (χ0v) is 7.94. The predicted octanol–water partition coefficient (Wildman–Crippen LogP) is 3.50. The van der Waals surface area contributed by atoms with E-state index in [2.05, 4.69) is 4.85 Å². The van der Waals surface area contributed by atoms with Crippen molar-refractivity contribution in [3.8, 4) is 6.57 Å². The minimum atomic E-state index is 0.545. The van der Waals surface area contributed by atoms with E-state index in [0.717, 1.165) is 5.56 Å². The van der Waals surface area contributed by atoms with E-state index in [-0.39, 0.29) is 0 Å². The third-order valence-electron chi connectivity index (χ3n) is 1.55. The van der Waals surface area contributed by atoms with Crippen LogP contribution >= 0.6 is 23.2 Å². The van der Waals surface area contributed by atoms with Crippen molar-refractivity contribution in [3.05, 3.63) is 38.7 Å². The predicted molar refractivity (Wildman–Crippen MR) is 53.3 cm³/mol. The van der Waals surface area contributed by atoms with Crippen molar-refractivity contribution >= 4 is 23.2 Å². The molecule has 1 nitrogen and oxygen atoms in total. The summed E-state index contributed by atoms with van der Waals surface area (Å²) >= 11 is 11.8. The lowest BCUT2D eigenvalue weighted by molar-refractivity contribution is 1.08. The second-order valence-corrected chi connectivity index (χ2v) is 3.17. The Morgan fingerprint density at radius 2 is 1.83 bits per heavy atom. The molecule has 0 radical (unpaired) electrons. The molecule has 0 atom stereocenters. The van der Waals surface area contributed by atoms with Crippen molar-refractivity contribution in [3.63, 3.8) is 0 Å². The fraction of sp³-hybridized carbons (Fsp3) is 0.222. The first-order valence-corrected chi connectivity index (χ1v) is 4.31. The van der Waals surface area contributed by atoms with E-state index in [0.29, 0.717) is 23.0 Å². The molecule has 3 heteroatoms. The quantitative estimate of drug-likeness (QED) is 0.689. The molecule has 1 rings (SSSR count). The van der Waals surface area contributed by atoms with Crippen LogP contribution in [0.2, 0.25) is 10.0 Å². The Morgan fingerprint density at radius 1 is 1.25 bits per heavy atom. The topological polar surface area (TPSA) is 4.36 Å². The van der Waals surface area contributed by atoms with E-state index in [1.165, 1.54) is 0 Å². The number of hydrogen-bond donors (Lipinski definition) is 0. The van der Waals surface area contributed by atoms with E-state index in [4.69, 9.17) is 29.8 Å². The number of rotatable bonds is 2. The standard InChI is InChI=1S/C9H8Cl2N/c1-12-6-5-7-8(10)3-2-4-9(7)11/h1-4H,5-6H2/q+1. The van der Waals surface area contributed by atoms with Gasteiger partial charge in [0.15, 0.2) is 0 Å². The molecule has 1 aromatic carbocycles. The minimum absolute atomic E-state index is 0.545. The number of nitrogens with zero attached hydrogens (tertiary/aromatic N) is 1. The maximum atomic E-state index is 5.90. The van der Waals surface area contributed by atoms with Gasteiger partial charge in [0.05, 0.1) is 6.42 Å². The maximum absolute atomic E-state index is 5.90. The Hall–Kier alpha value is -0.710. The van der Waals surface area contributed by atoms with Gasteiger partial charge < -0.3 is 0 Å². The SMILES string of the molecule is C#[N+]CCc1c(Cl)cccc1Cl. The highest BCUT2D eigenvalue weighted by atomic mass is 35.5. The fourth-order valence-electron chi connectivity index (χ4n) is 0.948. The molecular weight excluding hydrogens is 193 g/mol. The highest BCUT2D eigenvalue weighted by Crippen LogP contribution is 2.24. The van der Waals surface area contributed by atoms with Crippen molar-refractivity contribution in [1.82, 2.24) is 0 Å². The first kappa shape index (κ1) is 9.38. The van der Waals surface area contributed by atoms with Crippen LogP contribution in [0.4, 0.5) is 0 Å². The summed E-state index contributed by atoms with van der Waals surface area (Å²) in [5.74, 6) is 0. The molecule has 0 saturated carbocycles. The lowest BCUT2D eigenvalue weighted by Gasteiger charge is -2.00. The van der Waals surface area contributed by atoms with Crippen LogP contribution in [0.15, 0.2) is 18.2 Å². The van der Waals surface area contributed by atoms with Crippen LogP contribution in [0.25, 0.3) is 4.85 Å². The van der Waals surface area contributed by atoms with Crippen molar-refractivity contribution in [2.45, 2.75) is 6.42 Å². The number of halogens is 2. The molecule has 62 valence electrons. The van der Waals surface area contributed by atoms with Crippen molar-refractivity contribution < 1.29 is 0 Å². The van der Waals surface area contributed by atoms with Crippen LogP contribution in [0.1, 0.15) is 5.56 Å². The van der Waals surface area contributed by atoms with Crippen LogP contribution in [-0.4, -0.2) is 6.54 Å². The van der Waals surface area contributed by atoms with Gasteiger partial charge in [0.1, 0.15) is 0 Å². The summed E-state index contributed by atoms with van der Waals surface area (Å²) in [6.07, 6.45) is 0.689. The molecule has 0 N–H and O–H groups in total. The smallest absolute Gasteiger partial charge is 0.0866 e. The summed E-state index contributed by atoms with van der Waals surface area (Å²) in [5.41, 5.74) is 0.912. The summed E-state index contributed by atoms with van der Waals surface area (Å²) in [6, 6.07) is 5.42. The highest BCUT2D eigenvalue weighted by Gasteiger charge is 2.06. The van der Waals surface area contributed by atoms with E-state index in [1.807, 2.05) is 6.07 Å². The zero-order valence-electron chi connectivity index (χ0n) is 6.43. The molecule has 1 aromatic rings. The summed E-state index contributed by atoms with van der Waals surface area (Å²) in [7, 11) is 0. The summed E-state index contributed by atoms with van der Waals surface area (Å²) < 4.78 is 0. The minimum Gasteiger partial charge on any atom is -0.0866 e. The molecule has 12 heavy (non-hydrogen) atoms. The van der Waals surface area contributed by atoms with Gasteiger partial charge >= 0.3 is 0 Å². The molecular formula is C9H8Cl2N+. The van der Waals surface area contributed by atoms with Crippen LogP contribution in [0, 0.1) is 6.57 Å². The first-order chi connectivity index (χ1) is 5.75. The Bertz CT molecular complexity index is 295. The Balaban J connectivity index is 2.90. The summed E-state index contributed by atoms with van der Waals surface area (Å²) in [6.45, 7) is 5.56. The monoisotopic (exact) mass is 200 g/mol. The van der Waals surface area contributed by atoms with Crippen molar-refractivity contribution in [1.29, 1.82) is 0 Å². The molecule has 0 amide bonds. The largest absolute Gasteiger partial charge is 0.267 e. The Morgan fingerprint density at radius 3 is 2.33 bits per heavy atom. The lowest BCUT2D eigenvalue weighted by Crippen LogP contribution is -1.90. The van der Waals surface area contributed by atoms with Crippen molar-refractivity contribution in [2.24, 2.45) is 0 Å². The molecule has 0 aliphatic carbocycles. The van der Waals surface area contributed by atoms with Crippen LogP contribution < -0.4 is 0 Å². The highest BCUT2D eigenvalue weighted by molar-refractivity contribution is 6.35. The van der Waals surface area contributed by atoms with Crippen molar-refractivity contribution in [2.75, 3.05) is 6.54 Å². The second-order valence-electron chi connectivity index (χ2n) is 2.36. The number of hydrogen-bond acceptors (Lipinski definition) is 0. The molecule has 0 saturated heterocycles. The normalized spacial score (nSPS) is 9.42.